The minimum atomic E-state index is -4.07. The first kappa shape index (κ1) is 24.5. The summed E-state index contributed by atoms with van der Waals surface area (Å²) < 4.78 is 26.6. The number of thiophene rings is 1. The van der Waals surface area contributed by atoms with Crippen LogP contribution in [0.15, 0.2) is 52.9 Å². The van der Waals surface area contributed by atoms with Gasteiger partial charge in [-0.15, -0.1) is 11.3 Å². The largest absolute Gasteiger partial charge is 0.385 e. The lowest BCUT2D eigenvalue weighted by Gasteiger charge is -2.33. The average Bonchev–Trinajstić information content (AvgIpc) is 3.55. The number of anilines is 3. The Balaban J connectivity index is 1.25. The maximum absolute atomic E-state index is 12.9. The smallest absolute Gasteiger partial charge is 0.333 e. The minimum absolute atomic E-state index is 0.0974. The highest BCUT2D eigenvalue weighted by atomic mass is 35.5. The van der Waals surface area contributed by atoms with Crippen molar-refractivity contribution in [3.63, 3.8) is 0 Å². The van der Waals surface area contributed by atoms with E-state index in [1.54, 1.807) is 6.07 Å². The lowest BCUT2D eigenvalue weighted by Crippen LogP contribution is -2.41. The number of aliphatic hydroxyl groups is 1. The monoisotopic (exact) mass is 547 g/mol. The number of pyridine rings is 1. The summed E-state index contributed by atoms with van der Waals surface area (Å²) in [5.74, 6) is 0.588. The lowest BCUT2D eigenvalue weighted by atomic mass is 9.96. The number of benzene rings is 1. The minimum Gasteiger partial charge on any atom is -0.385 e. The number of rotatable bonds is 7. The summed E-state index contributed by atoms with van der Waals surface area (Å²) in [6.07, 6.45) is 2.64. The summed E-state index contributed by atoms with van der Waals surface area (Å²) in [5.41, 5.74) is 2.49. The Morgan fingerprint density at radius 1 is 1.17 bits per heavy atom. The lowest BCUT2D eigenvalue weighted by molar-refractivity contribution is -0.120. The summed E-state index contributed by atoms with van der Waals surface area (Å²) >= 11 is 6.58. The number of aromatic nitrogens is 1. The van der Waals surface area contributed by atoms with Gasteiger partial charge in [-0.2, -0.15) is 0 Å². The number of sulfonamides is 1. The third kappa shape index (κ3) is 5.31. The molecule has 3 aromatic rings. The Hall–Kier alpha value is -3.19. The van der Waals surface area contributed by atoms with E-state index in [1.807, 2.05) is 16.9 Å². The second-order valence-corrected chi connectivity index (χ2v) is 12.2. The van der Waals surface area contributed by atoms with Crippen molar-refractivity contribution in [2.45, 2.75) is 29.7 Å². The topological polar surface area (TPSA) is 141 Å². The number of hydrogen-bond donors (Lipinski definition) is 4. The number of carbonyl (C=O) groups excluding carboxylic acids is 2. The number of amides is 3. The van der Waals surface area contributed by atoms with Gasteiger partial charge in [0.15, 0.2) is 6.23 Å². The fourth-order valence-corrected chi connectivity index (χ4v) is 6.25. The molecule has 13 heteroatoms. The molecule has 1 atom stereocenters. The predicted molar refractivity (Wildman–Crippen MR) is 137 cm³/mol. The molecule has 1 saturated carbocycles. The molecular weight excluding hydrogens is 526 g/mol. The number of fused-ring (bicyclic) bond motifs is 1. The second-order valence-electron chi connectivity index (χ2n) is 8.58. The number of nitrogens with zero attached hydrogens (tertiary/aromatic N) is 2. The molecule has 0 bridgehead atoms. The molecule has 3 heterocycles. The van der Waals surface area contributed by atoms with Crippen molar-refractivity contribution in [2.75, 3.05) is 22.1 Å². The van der Waals surface area contributed by atoms with E-state index >= 15 is 0 Å². The first-order valence-corrected chi connectivity index (χ1v) is 13.8. The van der Waals surface area contributed by atoms with Gasteiger partial charge in [-0.1, -0.05) is 17.7 Å². The van der Waals surface area contributed by atoms with E-state index in [1.165, 1.54) is 48.2 Å². The fourth-order valence-electron chi connectivity index (χ4n) is 3.86. The van der Waals surface area contributed by atoms with Gasteiger partial charge < -0.3 is 15.7 Å². The molecule has 1 aliphatic carbocycles. The highest BCUT2D eigenvalue weighted by Crippen LogP contribution is 2.34. The third-order valence-corrected chi connectivity index (χ3v) is 8.91. The standard InChI is InChI=1S/C23H22ClN5O5S2/c24-18-6-8-21(35-18)36(33,34)28-23(32)27-16-4-7-19(26-12-16)29-20(30)10-14-9-15(25-11-13-1-2-13)3-5-17(14)22(29)31/h3-9,12-13,22,25,31H,1-2,10-11H2,(H2,27,28,32). The van der Waals surface area contributed by atoms with Crippen LogP contribution in [0.25, 0.3) is 0 Å². The normalized spacial score (nSPS) is 17.4. The van der Waals surface area contributed by atoms with E-state index in [0.29, 0.717) is 11.5 Å². The van der Waals surface area contributed by atoms with Crippen LogP contribution in [0.2, 0.25) is 4.34 Å². The van der Waals surface area contributed by atoms with Crippen LogP contribution < -0.4 is 20.3 Å². The number of hydrogen-bond acceptors (Lipinski definition) is 8. The van der Waals surface area contributed by atoms with Gasteiger partial charge in [0.1, 0.15) is 10.0 Å². The number of halogens is 1. The van der Waals surface area contributed by atoms with Crippen LogP contribution in [0.4, 0.5) is 22.0 Å². The van der Waals surface area contributed by atoms with Crippen LogP contribution in [0.1, 0.15) is 30.2 Å². The molecule has 2 aromatic heterocycles. The third-order valence-electron chi connectivity index (χ3n) is 5.86. The van der Waals surface area contributed by atoms with Gasteiger partial charge >= 0.3 is 6.03 Å². The van der Waals surface area contributed by atoms with E-state index < -0.39 is 22.3 Å². The number of aliphatic hydroxyl groups excluding tert-OH is 1. The predicted octanol–water partition coefficient (Wildman–Crippen LogP) is 3.71. The molecule has 0 saturated heterocycles. The van der Waals surface area contributed by atoms with Crippen molar-refractivity contribution in [2.24, 2.45) is 5.92 Å². The highest BCUT2D eigenvalue weighted by Gasteiger charge is 2.33. The molecule has 3 amide bonds. The fraction of sp³-hybridized carbons (Fsp3) is 0.261. The zero-order valence-electron chi connectivity index (χ0n) is 18.8. The maximum Gasteiger partial charge on any atom is 0.333 e. The van der Waals surface area contributed by atoms with Gasteiger partial charge in [0.05, 0.1) is 22.6 Å². The quantitative estimate of drug-likeness (QED) is 0.353. The number of carbonyl (C=O) groups is 2. The Labute approximate surface area is 216 Å². The molecule has 1 fully saturated rings. The van der Waals surface area contributed by atoms with E-state index in [2.05, 4.69) is 15.6 Å². The van der Waals surface area contributed by atoms with Gasteiger partial charge in [-0.25, -0.2) is 22.9 Å². The Bertz CT molecular complexity index is 1420. The first-order chi connectivity index (χ1) is 17.2. The van der Waals surface area contributed by atoms with Crippen molar-refractivity contribution in [3.8, 4) is 0 Å². The SMILES string of the molecule is O=C(Nc1ccc(N2C(=O)Cc3cc(NCC4CC4)ccc3C2O)nc1)NS(=O)(=O)c1ccc(Cl)s1. The van der Waals surface area contributed by atoms with Gasteiger partial charge in [-0.05, 0) is 60.7 Å². The van der Waals surface area contributed by atoms with Crippen LogP contribution in [0, 0.1) is 5.92 Å². The van der Waals surface area contributed by atoms with Crippen molar-refractivity contribution < 1.29 is 23.1 Å². The molecule has 10 nitrogen and oxygen atoms in total. The number of urea groups is 1. The molecular formula is C23H22ClN5O5S2. The molecule has 4 N–H and O–H groups in total. The molecule has 0 spiro atoms. The molecule has 1 unspecified atom stereocenters. The molecule has 188 valence electrons. The summed E-state index contributed by atoms with van der Waals surface area (Å²) in [6, 6.07) is 10.2. The van der Waals surface area contributed by atoms with Gasteiger partial charge in [0.2, 0.25) is 5.91 Å². The van der Waals surface area contributed by atoms with Crippen LogP contribution in [0.5, 0.6) is 0 Å². The van der Waals surface area contributed by atoms with E-state index in [9.17, 15) is 23.1 Å². The van der Waals surface area contributed by atoms with Crippen LogP contribution in [0.3, 0.4) is 0 Å². The summed E-state index contributed by atoms with van der Waals surface area (Å²) in [7, 11) is -4.07. The van der Waals surface area contributed by atoms with Gasteiger partial charge in [0, 0.05) is 17.8 Å². The van der Waals surface area contributed by atoms with Crippen LogP contribution in [-0.2, 0) is 21.2 Å². The van der Waals surface area contributed by atoms with Crippen LogP contribution in [-0.4, -0.2) is 37.0 Å². The van der Waals surface area contributed by atoms with E-state index in [4.69, 9.17) is 11.6 Å². The van der Waals surface area contributed by atoms with Crippen molar-refractivity contribution in [3.05, 3.63) is 64.1 Å². The Morgan fingerprint density at radius 2 is 1.94 bits per heavy atom. The van der Waals surface area contributed by atoms with Crippen LogP contribution >= 0.6 is 22.9 Å². The van der Waals surface area contributed by atoms with Crippen molar-refractivity contribution >= 4 is 62.1 Å². The highest BCUT2D eigenvalue weighted by molar-refractivity contribution is 7.92. The molecule has 1 aliphatic heterocycles. The van der Waals surface area contributed by atoms with Gasteiger partial charge in [0.25, 0.3) is 10.0 Å². The second kappa shape index (κ2) is 9.69. The Morgan fingerprint density at radius 3 is 2.61 bits per heavy atom. The molecule has 5 rings (SSSR count). The maximum atomic E-state index is 12.9. The molecule has 2 aliphatic rings. The summed E-state index contributed by atoms with van der Waals surface area (Å²) in [4.78, 5) is 30.4. The average molecular weight is 548 g/mol. The molecule has 36 heavy (non-hydrogen) atoms. The van der Waals surface area contributed by atoms with Crippen molar-refractivity contribution in [1.29, 1.82) is 0 Å². The van der Waals surface area contributed by atoms with Gasteiger partial charge in [-0.3, -0.25) is 9.69 Å². The summed E-state index contributed by atoms with van der Waals surface area (Å²) in [6.45, 7) is 0.901. The van der Waals surface area contributed by atoms with E-state index in [-0.39, 0.29) is 32.4 Å². The van der Waals surface area contributed by atoms with Crippen molar-refractivity contribution in [1.82, 2.24) is 9.71 Å². The van der Waals surface area contributed by atoms with E-state index in [0.717, 1.165) is 29.1 Å². The zero-order valence-corrected chi connectivity index (χ0v) is 21.2. The molecule has 0 radical (unpaired) electrons. The first-order valence-electron chi connectivity index (χ1n) is 11.1. The molecule has 1 aromatic carbocycles. The zero-order chi connectivity index (χ0) is 25.4. The summed E-state index contributed by atoms with van der Waals surface area (Å²) in [5, 5.41) is 16.7. The Kier molecular flexibility index (Phi) is 6.60. The number of nitrogens with one attached hydrogen (secondary N) is 3.